The van der Waals surface area contributed by atoms with Gasteiger partial charge in [0.15, 0.2) is 0 Å². The second-order valence-corrected chi connectivity index (χ2v) is 3.54. The number of aryl methyl sites for hydroxylation is 2. The van der Waals surface area contributed by atoms with Crippen LogP contribution in [0.3, 0.4) is 0 Å². The van der Waals surface area contributed by atoms with E-state index in [0.717, 1.165) is 5.56 Å². The molecule has 0 bridgehead atoms. The molecule has 1 aromatic rings. The maximum Gasteiger partial charge on any atom is 0.354 e. The van der Waals surface area contributed by atoms with Crippen LogP contribution in [0.5, 0.6) is 0 Å². The van der Waals surface area contributed by atoms with Crippen LogP contribution >= 0.6 is 0 Å². The molecule has 4 nitrogen and oxygen atoms in total. The number of aromatic nitrogens is 1. The molecule has 0 aliphatic heterocycles. The first-order valence-electron chi connectivity index (χ1n) is 4.77. The molecule has 0 aromatic carbocycles. The van der Waals surface area contributed by atoms with Crippen molar-refractivity contribution in [2.24, 2.45) is 7.05 Å². The van der Waals surface area contributed by atoms with Gasteiger partial charge in [0.05, 0.1) is 7.11 Å². The summed E-state index contributed by atoms with van der Waals surface area (Å²) in [4.78, 5) is 22.1. The Morgan fingerprint density at radius 1 is 1.47 bits per heavy atom. The third kappa shape index (κ3) is 2.94. The van der Waals surface area contributed by atoms with Gasteiger partial charge in [0, 0.05) is 19.7 Å². The van der Waals surface area contributed by atoms with Crippen LogP contribution in [-0.4, -0.2) is 23.4 Å². The summed E-state index contributed by atoms with van der Waals surface area (Å²) in [5, 5.41) is 0. The number of hydrogen-bond acceptors (Lipinski definition) is 3. The lowest BCUT2D eigenvalue weighted by molar-refractivity contribution is -0.116. The molecule has 0 N–H and O–H groups in total. The minimum absolute atomic E-state index is 0.151. The number of nitrogens with zero attached hydrogens (tertiary/aromatic N) is 1. The summed E-state index contributed by atoms with van der Waals surface area (Å²) >= 11 is 0. The molecule has 0 saturated carbocycles. The minimum atomic E-state index is -0.355. The predicted octanol–water partition coefficient (Wildman–Crippen LogP) is 1.33. The van der Waals surface area contributed by atoms with E-state index in [0.29, 0.717) is 18.5 Å². The van der Waals surface area contributed by atoms with Gasteiger partial charge in [-0.05, 0) is 25.0 Å². The molecule has 0 aliphatic carbocycles. The Labute approximate surface area is 88.8 Å². The molecule has 0 spiro atoms. The molecule has 0 radical (unpaired) electrons. The number of ether oxygens (including phenoxy) is 1. The summed E-state index contributed by atoms with van der Waals surface area (Å²) < 4.78 is 6.34. The Kier molecular flexibility index (Phi) is 3.66. The first-order chi connectivity index (χ1) is 7.04. The van der Waals surface area contributed by atoms with Gasteiger partial charge in [0.2, 0.25) is 0 Å². The standard InChI is InChI=1S/C11H15NO3/c1-8(13)4-5-9-6-10(11(14)15-3)12(2)7-9/h6-7H,4-5H2,1-3H3. The van der Waals surface area contributed by atoms with Gasteiger partial charge in [0.25, 0.3) is 0 Å². The van der Waals surface area contributed by atoms with Crippen LogP contribution in [0.4, 0.5) is 0 Å². The fourth-order valence-corrected chi connectivity index (χ4v) is 1.40. The molecule has 0 saturated heterocycles. The van der Waals surface area contributed by atoms with Crippen LogP contribution in [-0.2, 0) is 23.0 Å². The van der Waals surface area contributed by atoms with Crippen molar-refractivity contribution in [1.29, 1.82) is 0 Å². The zero-order valence-corrected chi connectivity index (χ0v) is 9.24. The Bertz CT molecular complexity index is 379. The highest BCUT2D eigenvalue weighted by Gasteiger charge is 2.11. The average Bonchev–Trinajstić information content (AvgIpc) is 2.55. The quantitative estimate of drug-likeness (QED) is 0.703. The molecule has 0 atom stereocenters. The molecule has 82 valence electrons. The number of Topliss-reactive ketones (excluding diaryl/α,β-unsaturated/α-hetero) is 1. The van der Waals surface area contributed by atoms with Crippen molar-refractivity contribution in [1.82, 2.24) is 4.57 Å². The highest BCUT2D eigenvalue weighted by atomic mass is 16.5. The molecule has 15 heavy (non-hydrogen) atoms. The van der Waals surface area contributed by atoms with Crippen LogP contribution in [0.25, 0.3) is 0 Å². The lowest BCUT2D eigenvalue weighted by Gasteiger charge is -1.98. The maximum atomic E-state index is 11.3. The van der Waals surface area contributed by atoms with Crippen molar-refractivity contribution < 1.29 is 14.3 Å². The Morgan fingerprint density at radius 2 is 2.13 bits per heavy atom. The van der Waals surface area contributed by atoms with E-state index in [1.807, 2.05) is 6.20 Å². The number of carbonyl (C=O) groups is 2. The van der Waals surface area contributed by atoms with Crippen molar-refractivity contribution >= 4 is 11.8 Å². The van der Waals surface area contributed by atoms with Gasteiger partial charge < -0.3 is 14.1 Å². The zero-order chi connectivity index (χ0) is 11.4. The van der Waals surface area contributed by atoms with Gasteiger partial charge in [-0.2, -0.15) is 0 Å². The molecular weight excluding hydrogens is 194 g/mol. The van der Waals surface area contributed by atoms with Gasteiger partial charge in [-0.25, -0.2) is 4.79 Å². The number of methoxy groups -OCH3 is 1. The summed E-state index contributed by atoms with van der Waals surface area (Å²) in [6.07, 6.45) is 3.01. The van der Waals surface area contributed by atoms with Crippen molar-refractivity contribution in [3.8, 4) is 0 Å². The second kappa shape index (κ2) is 4.77. The maximum absolute atomic E-state index is 11.3. The summed E-state index contributed by atoms with van der Waals surface area (Å²) in [5.41, 5.74) is 1.49. The van der Waals surface area contributed by atoms with E-state index in [1.54, 1.807) is 24.6 Å². The monoisotopic (exact) mass is 209 g/mol. The number of carbonyl (C=O) groups excluding carboxylic acids is 2. The second-order valence-electron chi connectivity index (χ2n) is 3.54. The molecule has 0 aliphatic rings. The molecule has 0 unspecified atom stereocenters. The predicted molar refractivity (Wildman–Crippen MR) is 55.8 cm³/mol. The number of hydrogen-bond donors (Lipinski definition) is 0. The Balaban J connectivity index is 2.76. The molecule has 0 fully saturated rings. The van der Waals surface area contributed by atoms with Crippen molar-refractivity contribution in [3.63, 3.8) is 0 Å². The highest BCUT2D eigenvalue weighted by molar-refractivity contribution is 5.88. The zero-order valence-electron chi connectivity index (χ0n) is 9.24. The molecular formula is C11H15NO3. The molecule has 1 rings (SSSR count). The first-order valence-corrected chi connectivity index (χ1v) is 4.77. The van der Waals surface area contributed by atoms with E-state index < -0.39 is 0 Å². The molecule has 0 amide bonds. The average molecular weight is 209 g/mol. The lowest BCUT2D eigenvalue weighted by atomic mass is 10.1. The van der Waals surface area contributed by atoms with E-state index in [-0.39, 0.29) is 11.8 Å². The highest BCUT2D eigenvalue weighted by Crippen LogP contribution is 2.10. The number of rotatable bonds is 4. The van der Waals surface area contributed by atoms with E-state index in [9.17, 15) is 9.59 Å². The van der Waals surface area contributed by atoms with Gasteiger partial charge in [-0.3, -0.25) is 0 Å². The van der Waals surface area contributed by atoms with Gasteiger partial charge in [-0.1, -0.05) is 0 Å². The van der Waals surface area contributed by atoms with Crippen LogP contribution in [0.1, 0.15) is 29.4 Å². The number of esters is 1. The Hall–Kier alpha value is -1.58. The van der Waals surface area contributed by atoms with Crippen molar-refractivity contribution in [2.45, 2.75) is 19.8 Å². The van der Waals surface area contributed by atoms with Crippen LogP contribution in [0, 0.1) is 0 Å². The third-order valence-corrected chi connectivity index (χ3v) is 2.22. The van der Waals surface area contributed by atoms with E-state index in [1.165, 1.54) is 7.11 Å². The SMILES string of the molecule is COC(=O)c1cc(CCC(C)=O)cn1C. The summed E-state index contributed by atoms with van der Waals surface area (Å²) in [7, 11) is 3.13. The lowest BCUT2D eigenvalue weighted by Crippen LogP contribution is -2.06. The fourth-order valence-electron chi connectivity index (χ4n) is 1.40. The summed E-state index contributed by atoms with van der Waals surface area (Å²) in [6.45, 7) is 1.56. The van der Waals surface area contributed by atoms with Crippen LogP contribution < -0.4 is 0 Å². The Morgan fingerprint density at radius 3 is 2.67 bits per heavy atom. The smallest absolute Gasteiger partial charge is 0.354 e. The topological polar surface area (TPSA) is 48.3 Å². The summed E-state index contributed by atoms with van der Waals surface area (Å²) in [5.74, 6) is -0.204. The van der Waals surface area contributed by atoms with Gasteiger partial charge >= 0.3 is 5.97 Å². The van der Waals surface area contributed by atoms with E-state index >= 15 is 0 Å². The van der Waals surface area contributed by atoms with Gasteiger partial charge in [0.1, 0.15) is 11.5 Å². The van der Waals surface area contributed by atoms with Crippen molar-refractivity contribution in [2.75, 3.05) is 7.11 Å². The number of ketones is 1. The largest absolute Gasteiger partial charge is 0.464 e. The normalized spacial score (nSPS) is 10.1. The minimum Gasteiger partial charge on any atom is -0.464 e. The fraction of sp³-hybridized carbons (Fsp3) is 0.455. The van der Waals surface area contributed by atoms with Crippen molar-refractivity contribution in [3.05, 3.63) is 23.5 Å². The summed E-state index contributed by atoms with van der Waals surface area (Å²) in [6, 6.07) is 1.76. The van der Waals surface area contributed by atoms with Crippen LogP contribution in [0.2, 0.25) is 0 Å². The van der Waals surface area contributed by atoms with Crippen LogP contribution in [0.15, 0.2) is 12.3 Å². The first kappa shape index (κ1) is 11.5. The molecule has 4 heteroatoms. The van der Waals surface area contributed by atoms with E-state index in [2.05, 4.69) is 4.74 Å². The molecule has 1 heterocycles. The third-order valence-electron chi connectivity index (χ3n) is 2.22. The van der Waals surface area contributed by atoms with E-state index in [4.69, 9.17) is 0 Å². The van der Waals surface area contributed by atoms with Gasteiger partial charge in [-0.15, -0.1) is 0 Å². The molecule has 1 aromatic heterocycles.